The van der Waals surface area contributed by atoms with Crippen molar-refractivity contribution in [3.63, 3.8) is 0 Å². The molecule has 0 aliphatic carbocycles. The molecule has 1 aliphatic heterocycles. The highest BCUT2D eigenvalue weighted by molar-refractivity contribution is 6.62. The molecule has 1 saturated heterocycles. The maximum Gasteiger partial charge on any atom is 0.497 e. The first-order valence-corrected chi connectivity index (χ1v) is 12.8. The Hall–Kier alpha value is -3.75. The van der Waals surface area contributed by atoms with Crippen LogP contribution in [0.15, 0.2) is 84.9 Å². The summed E-state index contributed by atoms with van der Waals surface area (Å²) in [4.78, 5) is 4.50. The lowest BCUT2D eigenvalue weighted by Crippen LogP contribution is -2.41. The van der Waals surface area contributed by atoms with Gasteiger partial charge in [-0.2, -0.15) is 4.98 Å². The fraction of sp³-hybridized carbons (Fsp3) is 0.258. The molecule has 2 heterocycles. The SMILES string of the molecule is CC1(C)OB(c2cc(F)c(-c3ccc(OCc4ccccc4)nc3OCc3ccccc3)cc2F)OC1(C)C. The zero-order valence-electron chi connectivity index (χ0n) is 22.4. The maximum atomic E-state index is 15.6. The Bertz CT molecular complexity index is 1430. The molecule has 0 bridgehead atoms. The Morgan fingerprint density at radius 1 is 0.692 bits per heavy atom. The summed E-state index contributed by atoms with van der Waals surface area (Å²) in [6.45, 7) is 7.94. The average Bonchev–Trinajstić information content (AvgIpc) is 3.14. The maximum absolute atomic E-state index is 15.6. The van der Waals surface area contributed by atoms with Crippen LogP contribution in [0.25, 0.3) is 11.1 Å². The van der Waals surface area contributed by atoms with Crippen LogP contribution < -0.4 is 14.9 Å². The van der Waals surface area contributed by atoms with E-state index < -0.39 is 30.0 Å². The molecule has 0 spiro atoms. The largest absolute Gasteiger partial charge is 0.497 e. The molecule has 0 radical (unpaired) electrons. The minimum absolute atomic E-state index is 0.00238. The third-order valence-electron chi connectivity index (χ3n) is 7.17. The second kappa shape index (κ2) is 10.8. The van der Waals surface area contributed by atoms with Crippen LogP contribution in [0.4, 0.5) is 8.78 Å². The first kappa shape index (κ1) is 26.8. The van der Waals surface area contributed by atoms with Crippen molar-refractivity contribution in [2.45, 2.75) is 52.1 Å². The number of pyridine rings is 1. The molecule has 0 unspecified atom stereocenters. The molecule has 0 atom stereocenters. The van der Waals surface area contributed by atoms with E-state index in [1.807, 2.05) is 88.4 Å². The smallest absolute Gasteiger partial charge is 0.473 e. The van der Waals surface area contributed by atoms with Crippen LogP contribution in [0.2, 0.25) is 0 Å². The van der Waals surface area contributed by atoms with Gasteiger partial charge in [0.2, 0.25) is 11.8 Å². The molecule has 5 rings (SSSR count). The molecular weight excluding hydrogens is 499 g/mol. The molecule has 4 aromatic rings. The highest BCUT2D eigenvalue weighted by atomic mass is 19.1. The lowest BCUT2D eigenvalue weighted by Gasteiger charge is -2.32. The number of ether oxygens (including phenoxy) is 2. The fourth-order valence-corrected chi connectivity index (χ4v) is 4.20. The summed E-state index contributed by atoms with van der Waals surface area (Å²) < 4.78 is 54.8. The predicted molar refractivity (Wildman–Crippen MR) is 147 cm³/mol. The van der Waals surface area contributed by atoms with Gasteiger partial charge < -0.3 is 18.8 Å². The lowest BCUT2D eigenvalue weighted by molar-refractivity contribution is 0.00578. The predicted octanol–water partition coefficient (Wildman–Crippen LogP) is 6.48. The molecular formula is C31H30BF2NO4. The number of halogens is 2. The van der Waals surface area contributed by atoms with Gasteiger partial charge in [0, 0.05) is 22.7 Å². The highest BCUT2D eigenvalue weighted by Crippen LogP contribution is 2.38. The Kier molecular flexibility index (Phi) is 7.43. The van der Waals surface area contributed by atoms with E-state index in [0.717, 1.165) is 23.3 Å². The van der Waals surface area contributed by atoms with Crippen LogP contribution >= 0.6 is 0 Å². The van der Waals surface area contributed by atoms with E-state index in [2.05, 4.69) is 4.98 Å². The quantitative estimate of drug-likeness (QED) is 0.245. The van der Waals surface area contributed by atoms with Crippen LogP contribution in [0, 0.1) is 11.6 Å². The van der Waals surface area contributed by atoms with Gasteiger partial charge in [-0.3, -0.25) is 0 Å². The van der Waals surface area contributed by atoms with Gasteiger partial charge >= 0.3 is 7.12 Å². The first-order chi connectivity index (χ1) is 18.6. The van der Waals surface area contributed by atoms with Crippen molar-refractivity contribution in [3.05, 3.63) is 108 Å². The summed E-state index contributed by atoms with van der Waals surface area (Å²) in [7, 11) is -1.03. The Morgan fingerprint density at radius 3 is 1.85 bits per heavy atom. The third-order valence-corrected chi connectivity index (χ3v) is 7.17. The minimum Gasteiger partial charge on any atom is -0.473 e. The standard InChI is InChI=1S/C31H30BF2NO4/c1-30(2)31(3,4)39-32(38-30)25-18-26(33)24(17-27(25)34)23-15-16-28(36-19-21-11-7-5-8-12-21)35-29(23)37-20-22-13-9-6-10-14-22/h5-18H,19-20H2,1-4H3. The summed E-state index contributed by atoms with van der Waals surface area (Å²) in [5.41, 5.74) is 0.824. The molecule has 1 aromatic heterocycles. The number of benzene rings is 3. The van der Waals surface area contributed by atoms with Crippen LogP contribution in [-0.4, -0.2) is 23.3 Å². The van der Waals surface area contributed by atoms with Crippen molar-refractivity contribution >= 4 is 12.6 Å². The Morgan fingerprint density at radius 2 is 1.26 bits per heavy atom. The summed E-state index contributed by atoms with van der Waals surface area (Å²) in [6.07, 6.45) is 0. The van der Waals surface area contributed by atoms with Crippen molar-refractivity contribution < 1.29 is 27.6 Å². The zero-order valence-corrected chi connectivity index (χ0v) is 22.4. The molecule has 3 aromatic carbocycles. The van der Waals surface area contributed by atoms with Gasteiger partial charge in [-0.25, -0.2) is 8.78 Å². The molecule has 39 heavy (non-hydrogen) atoms. The Labute approximate surface area is 227 Å². The molecule has 1 aliphatic rings. The molecule has 0 saturated carbocycles. The van der Waals surface area contributed by atoms with E-state index in [-0.39, 0.29) is 23.5 Å². The van der Waals surface area contributed by atoms with Crippen LogP contribution in [-0.2, 0) is 22.5 Å². The number of nitrogens with zero attached hydrogens (tertiary/aromatic N) is 1. The van der Waals surface area contributed by atoms with Gasteiger partial charge in [0.1, 0.15) is 24.8 Å². The van der Waals surface area contributed by atoms with E-state index in [1.54, 1.807) is 12.1 Å². The van der Waals surface area contributed by atoms with Gasteiger partial charge in [-0.1, -0.05) is 60.7 Å². The topological polar surface area (TPSA) is 49.8 Å². The number of hydrogen-bond acceptors (Lipinski definition) is 5. The lowest BCUT2D eigenvalue weighted by atomic mass is 9.78. The monoisotopic (exact) mass is 529 g/mol. The van der Waals surface area contributed by atoms with Crippen LogP contribution in [0.5, 0.6) is 11.8 Å². The van der Waals surface area contributed by atoms with E-state index in [4.69, 9.17) is 18.8 Å². The third kappa shape index (κ3) is 5.82. The van der Waals surface area contributed by atoms with Gasteiger partial charge in [0.15, 0.2) is 0 Å². The first-order valence-electron chi connectivity index (χ1n) is 12.8. The van der Waals surface area contributed by atoms with Crippen molar-refractivity contribution in [3.8, 4) is 22.9 Å². The van der Waals surface area contributed by atoms with Crippen molar-refractivity contribution in [1.82, 2.24) is 4.98 Å². The molecule has 8 heteroatoms. The number of aromatic nitrogens is 1. The van der Waals surface area contributed by atoms with Crippen molar-refractivity contribution in [2.75, 3.05) is 0 Å². The van der Waals surface area contributed by atoms with Crippen molar-refractivity contribution in [1.29, 1.82) is 0 Å². The van der Waals surface area contributed by atoms with Gasteiger partial charge in [0.05, 0.1) is 11.2 Å². The summed E-state index contributed by atoms with van der Waals surface area (Å²) in [5.74, 6) is -0.861. The molecule has 5 nitrogen and oxygen atoms in total. The molecule has 0 amide bonds. The van der Waals surface area contributed by atoms with Crippen molar-refractivity contribution in [2.24, 2.45) is 0 Å². The van der Waals surface area contributed by atoms with Gasteiger partial charge in [-0.05, 0) is 57.0 Å². The van der Waals surface area contributed by atoms with Crippen LogP contribution in [0.1, 0.15) is 38.8 Å². The minimum atomic E-state index is -1.03. The average molecular weight is 529 g/mol. The summed E-state index contributed by atoms with van der Waals surface area (Å²) in [5, 5.41) is 0. The summed E-state index contributed by atoms with van der Waals surface area (Å²) >= 11 is 0. The highest BCUT2D eigenvalue weighted by Gasteiger charge is 2.52. The number of rotatable bonds is 8. The normalized spacial score (nSPS) is 15.8. The second-order valence-electron chi connectivity index (χ2n) is 10.5. The molecule has 1 fully saturated rings. The summed E-state index contributed by atoms with van der Waals surface area (Å²) in [6, 6.07) is 24.7. The van der Waals surface area contributed by atoms with Gasteiger partial charge in [-0.15, -0.1) is 0 Å². The number of hydrogen-bond donors (Lipinski definition) is 0. The Balaban J connectivity index is 1.46. The van der Waals surface area contributed by atoms with E-state index in [9.17, 15) is 0 Å². The van der Waals surface area contributed by atoms with E-state index in [0.29, 0.717) is 18.1 Å². The van der Waals surface area contributed by atoms with Crippen LogP contribution in [0.3, 0.4) is 0 Å². The molecule has 200 valence electrons. The van der Waals surface area contributed by atoms with E-state index >= 15 is 8.78 Å². The zero-order chi connectivity index (χ0) is 27.6. The van der Waals surface area contributed by atoms with E-state index in [1.165, 1.54) is 0 Å². The fourth-order valence-electron chi connectivity index (χ4n) is 4.20. The second-order valence-corrected chi connectivity index (χ2v) is 10.5. The van der Waals surface area contributed by atoms with Gasteiger partial charge in [0.25, 0.3) is 0 Å². The molecule has 0 N–H and O–H groups in total.